The first-order valence-electron chi connectivity index (χ1n) is 8.52. The number of benzene rings is 2. The van der Waals surface area contributed by atoms with Gasteiger partial charge in [0.25, 0.3) is 11.6 Å². The van der Waals surface area contributed by atoms with Crippen LogP contribution in [0.2, 0.25) is 0 Å². The molecule has 8 heteroatoms. The van der Waals surface area contributed by atoms with Gasteiger partial charge in [-0.1, -0.05) is 29.4 Å². The van der Waals surface area contributed by atoms with Gasteiger partial charge in [-0.25, -0.2) is 0 Å². The number of hydrogen-bond acceptors (Lipinski definition) is 5. The van der Waals surface area contributed by atoms with Crippen LogP contribution in [-0.4, -0.2) is 22.0 Å². The molecule has 0 unspecified atom stereocenters. The third-order valence-corrected chi connectivity index (χ3v) is 5.00. The first-order valence-corrected chi connectivity index (χ1v) is 9.34. The van der Waals surface area contributed by atoms with Crippen molar-refractivity contribution in [3.8, 4) is 18.1 Å². The van der Waals surface area contributed by atoms with Crippen molar-refractivity contribution >= 4 is 33.1 Å². The van der Waals surface area contributed by atoms with Crippen LogP contribution in [0.3, 0.4) is 0 Å². The SMILES string of the molecule is C#CCn1c(=NC(=O)Cc2ccc(OCC)cc2)sc2ccc([N+](=O)[O-])cc21. The van der Waals surface area contributed by atoms with Crippen LogP contribution in [-0.2, 0) is 17.8 Å². The highest BCUT2D eigenvalue weighted by Crippen LogP contribution is 2.23. The van der Waals surface area contributed by atoms with Gasteiger partial charge in [0.05, 0.1) is 34.7 Å². The monoisotopic (exact) mass is 395 g/mol. The van der Waals surface area contributed by atoms with Crippen molar-refractivity contribution in [3.63, 3.8) is 0 Å². The summed E-state index contributed by atoms with van der Waals surface area (Å²) in [6.07, 6.45) is 5.57. The fourth-order valence-electron chi connectivity index (χ4n) is 2.69. The maximum absolute atomic E-state index is 12.4. The number of carbonyl (C=O) groups excluding carboxylic acids is 1. The summed E-state index contributed by atoms with van der Waals surface area (Å²) < 4.78 is 7.80. The molecule has 0 radical (unpaired) electrons. The molecule has 0 fully saturated rings. The van der Waals surface area contributed by atoms with E-state index in [1.54, 1.807) is 10.6 Å². The number of aromatic nitrogens is 1. The maximum Gasteiger partial charge on any atom is 0.271 e. The molecule has 0 aliphatic heterocycles. The third-order valence-electron chi connectivity index (χ3n) is 3.94. The Morgan fingerprint density at radius 1 is 1.32 bits per heavy atom. The number of carbonyl (C=O) groups is 1. The molecule has 7 nitrogen and oxygen atoms in total. The Kier molecular flexibility index (Phi) is 5.87. The van der Waals surface area contributed by atoms with Crippen LogP contribution >= 0.6 is 11.3 Å². The highest BCUT2D eigenvalue weighted by Gasteiger charge is 2.13. The van der Waals surface area contributed by atoms with Crippen molar-refractivity contribution in [2.75, 3.05) is 6.61 Å². The van der Waals surface area contributed by atoms with Crippen LogP contribution in [0.25, 0.3) is 10.2 Å². The largest absolute Gasteiger partial charge is 0.494 e. The summed E-state index contributed by atoms with van der Waals surface area (Å²) in [6, 6.07) is 11.8. The Morgan fingerprint density at radius 3 is 2.71 bits per heavy atom. The van der Waals surface area contributed by atoms with Crippen LogP contribution in [0.5, 0.6) is 5.75 Å². The highest BCUT2D eigenvalue weighted by molar-refractivity contribution is 7.16. The normalized spacial score (nSPS) is 11.4. The Bertz CT molecular complexity index is 1140. The van der Waals surface area contributed by atoms with E-state index in [0.29, 0.717) is 16.9 Å². The quantitative estimate of drug-likeness (QED) is 0.364. The van der Waals surface area contributed by atoms with Gasteiger partial charge in [0.1, 0.15) is 5.75 Å². The molecule has 0 N–H and O–H groups in total. The molecule has 1 heterocycles. The second kappa shape index (κ2) is 8.50. The number of nitro benzene ring substituents is 1. The fourth-order valence-corrected chi connectivity index (χ4v) is 3.72. The van der Waals surface area contributed by atoms with Crippen molar-refractivity contribution in [1.82, 2.24) is 4.57 Å². The summed E-state index contributed by atoms with van der Waals surface area (Å²) in [6.45, 7) is 2.64. The predicted octanol–water partition coefficient (Wildman–Crippen LogP) is 3.31. The average Bonchev–Trinajstić information content (AvgIpc) is 3.00. The summed E-state index contributed by atoms with van der Waals surface area (Å²) in [4.78, 5) is 27.6. The minimum absolute atomic E-state index is 0.0386. The fraction of sp³-hybridized carbons (Fsp3) is 0.200. The van der Waals surface area contributed by atoms with Gasteiger partial charge in [0.15, 0.2) is 4.80 Å². The van der Waals surface area contributed by atoms with E-state index in [-0.39, 0.29) is 24.6 Å². The van der Waals surface area contributed by atoms with Crippen molar-refractivity contribution in [3.05, 3.63) is 62.9 Å². The predicted molar refractivity (Wildman–Crippen MR) is 107 cm³/mol. The second-order valence-corrected chi connectivity index (χ2v) is 6.85. The van der Waals surface area contributed by atoms with E-state index in [4.69, 9.17) is 11.2 Å². The van der Waals surface area contributed by atoms with Gasteiger partial charge in [0.2, 0.25) is 0 Å². The smallest absolute Gasteiger partial charge is 0.271 e. The molecular weight excluding hydrogens is 378 g/mol. The molecule has 0 aliphatic carbocycles. The van der Waals surface area contributed by atoms with E-state index in [9.17, 15) is 14.9 Å². The van der Waals surface area contributed by atoms with E-state index < -0.39 is 4.92 Å². The number of non-ortho nitro benzene ring substituents is 1. The first-order chi connectivity index (χ1) is 13.5. The van der Waals surface area contributed by atoms with Crippen molar-refractivity contribution < 1.29 is 14.5 Å². The maximum atomic E-state index is 12.4. The number of thiazole rings is 1. The Morgan fingerprint density at radius 2 is 2.07 bits per heavy atom. The zero-order valence-corrected chi connectivity index (χ0v) is 15.9. The lowest BCUT2D eigenvalue weighted by Gasteiger charge is -2.03. The molecule has 0 saturated carbocycles. The average molecular weight is 395 g/mol. The molecule has 1 aromatic heterocycles. The summed E-state index contributed by atoms with van der Waals surface area (Å²) >= 11 is 1.27. The topological polar surface area (TPSA) is 86.7 Å². The van der Waals surface area contributed by atoms with Crippen LogP contribution in [0.4, 0.5) is 5.69 Å². The van der Waals surface area contributed by atoms with Gasteiger partial charge in [-0.05, 0) is 30.7 Å². The van der Waals surface area contributed by atoms with Gasteiger partial charge >= 0.3 is 0 Å². The highest BCUT2D eigenvalue weighted by atomic mass is 32.1. The summed E-state index contributed by atoms with van der Waals surface area (Å²) in [5.41, 5.74) is 1.37. The van der Waals surface area contributed by atoms with Gasteiger partial charge in [0, 0.05) is 12.1 Å². The zero-order valence-electron chi connectivity index (χ0n) is 15.1. The lowest BCUT2D eigenvalue weighted by atomic mass is 10.1. The standard InChI is InChI=1S/C20H17N3O4S/c1-3-11-22-17-13-15(23(25)26)7-10-18(17)28-20(22)21-19(24)12-14-5-8-16(9-6-14)27-4-2/h1,5-10,13H,4,11-12H2,2H3. The van der Waals surface area contributed by atoms with Gasteiger partial charge in [-0.3, -0.25) is 14.9 Å². The van der Waals surface area contributed by atoms with Gasteiger partial charge in [-0.2, -0.15) is 4.99 Å². The number of rotatable bonds is 6. The molecule has 0 spiro atoms. The molecule has 2 aromatic carbocycles. The Hall–Kier alpha value is -3.44. The summed E-state index contributed by atoms with van der Waals surface area (Å²) in [7, 11) is 0. The van der Waals surface area contributed by atoms with E-state index >= 15 is 0 Å². The van der Waals surface area contributed by atoms with Crippen molar-refractivity contribution in [1.29, 1.82) is 0 Å². The van der Waals surface area contributed by atoms with E-state index in [1.807, 2.05) is 31.2 Å². The number of nitrogens with zero attached hydrogens (tertiary/aromatic N) is 3. The number of fused-ring (bicyclic) bond motifs is 1. The molecule has 0 atom stereocenters. The molecule has 0 saturated heterocycles. The molecular formula is C20H17N3O4S. The Balaban J connectivity index is 1.93. The minimum atomic E-state index is -0.467. The second-order valence-electron chi connectivity index (χ2n) is 5.84. The number of ether oxygens (including phenoxy) is 1. The number of nitro groups is 1. The molecule has 0 aliphatic rings. The van der Waals surface area contributed by atoms with Crippen molar-refractivity contribution in [2.45, 2.75) is 19.9 Å². The van der Waals surface area contributed by atoms with Gasteiger partial charge in [-0.15, -0.1) is 6.42 Å². The van der Waals surface area contributed by atoms with E-state index in [2.05, 4.69) is 10.9 Å². The van der Waals surface area contributed by atoms with Crippen LogP contribution in [0.1, 0.15) is 12.5 Å². The van der Waals surface area contributed by atoms with Crippen LogP contribution in [0.15, 0.2) is 47.5 Å². The van der Waals surface area contributed by atoms with E-state index in [0.717, 1.165) is 16.0 Å². The molecule has 28 heavy (non-hydrogen) atoms. The van der Waals surface area contributed by atoms with Crippen LogP contribution in [0, 0.1) is 22.5 Å². The molecule has 3 rings (SSSR count). The number of hydrogen-bond donors (Lipinski definition) is 0. The lowest BCUT2D eigenvalue weighted by Crippen LogP contribution is -2.17. The number of amides is 1. The van der Waals surface area contributed by atoms with Gasteiger partial charge < -0.3 is 9.30 Å². The first kappa shape index (κ1) is 19.3. The lowest BCUT2D eigenvalue weighted by molar-refractivity contribution is -0.384. The summed E-state index contributed by atoms with van der Waals surface area (Å²) in [5.74, 6) is 2.93. The summed E-state index contributed by atoms with van der Waals surface area (Å²) in [5, 5.41) is 11.0. The van der Waals surface area contributed by atoms with Crippen LogP contribution < -0.4 is 9.54 Å². The van der Waals surface area contributed by atoms with Crippen molar-refractivity contribution in [2.24, 2.45) is 4.99 Å². The molecule has 0 bridgehead atoms. The minimum Gasteiger partial charge on any atom is -0.494 e. The molecule has 3 aromatic rings. The molecule has 1 amide bonds. The zero-order chi connectivity index (χ0) is 20.1. The number of terminal acetylenes is 1. The molecule has 142 valence electrons. The van der Waals surface area contributed by atoms with E-state index in [1.165, 1.54) is 23.5 Å². The third kappa shape index (κ3) is 4.27. The Labute approximate surface area is 165 Å².